The van der Waals surface area contributed by atoms with E-state index in [-0.39, 0.29) is 5.52 Å². The molecule has 1 unspecified atom stereocenters. The van der Waals surface area contributed by atoms with Gasteiger partial charge in [0.25, 0.3) is 0 Å². The van der Waals surface area contributed by atoms with Crippen LogP contribution < -0.4 is 9.47 Å². The summed E-state index contributed by atoms with van der Waals surface area (Å²) in [5.74, 6) is 1.09. The largest absolute Gasteiger partial charge is 0.496 e. The summed E-state index contributed by atoms with van der Waals surface area (Å²) >= 11 is 0. The topological polar surface area (TPSA) is 35.5 Å². The van der Waals surface area contributed by atoms with Crippen LogP contribution >= 0.6 is 9.24 Å². The summed E-state index contributed by atoms with van der Waals surface area (Å²) in [7, 11) is 5.18. The van der Waals surface area contributed by atoms with Crippen LogP contribution in [-0.2, 0) is 0 Å². The lowest BCUT2D eigenvalue weighted by molar-refractivity contribution is 0.108. The maximum atomic E-state index is 11.3. The van der Waals surface area contributed by atoms with Gasteiger partial charge in [0.15, 0.2) is 5.52 Å². The van der Waals surface area contributed by atoms with Gasteiger partial charge in [0, 0.05) is 0 Å². The third-order valence-electron chi connectivity index (χ3n) is 1.90. The second kappa shape index (κ2) is 4.43. The predicted molar refractivity (Wildman–Crippen MR) is 58.3 cm³/mol. The van der Waals surface area contributed by atoms with Crippen molar-refractivity contribution in [2.45, 2.75) is 6.92 Å². The molecule has 0 aliphatic rings. The van der Waals surface area contributed by atoms with Gasteiger partial charge in [-0.15, -0.1) is 0 Å². The van der Waals surface area contributed by atoms with E-state index in [1.165, 1.54) is 14.2 Å². The lowest BCUT2D eigenvalue weighted by Gasteiger charge is -2.11. The van der Waals surface area contributed by atoms with Crippen molar-refractivity contribution in [3.63, 3.8) is 0 Å². The second-order valence-electron chi connectivity index (χ2n) is 2.91. The van der Waals surface area contributed by atoms with E-state index in [0.717, 1.165) is 5.56 Å². The van der Waals surface area contributed by atoms with Crippen molar-refractivity contribution >= 4 is 14.8 Å². The fourth-order valence-electron chi connectivity index (χ4n) is 1.29. The quantitative estimate of drug-likeness (QED) is 0.719. The van der Waals surface area contributed by atoms with Gasteiger partial charge in [-0.05, 0) is 24.6 Å². The smallest absolute Gasteiger partial charge is 0.185 e. The molecule has 0 aliphatic carbocycles. The Morgan fingerprint density at radius 3 is 1.93 bits per heavy atom. The summed E-state index contributed by atoms with van der Waals surface area (Å²) in [6, 6.07) is 3.61. The van der Waals surface area contributed by atoms with Gasteiger partial charge in [-0.3, -0.25) is 4.79 Å². The molecule has 14 heavy (non-hydrogen) atoms. The molecule has 3 nitrogen and oxygen atoms in total. The van der Waals surface area contributed by atoms with Crippen molar-refractivity contribution in [3.05, 3.63) is 23.3 Å². The number of benzene rings is 1. The van der Waals surface area contributed by atoms with Crippen LogP contribution in [0.5, 0.6) is 11.5 Å². The van der Waals surface area contributed by atoms with Crippen molar-refractivity contribution < 1.29 is 14.3 Å². The molecule has 1 aromatic carbocycles. The minimum atomic E-state index is -0.140. The first kappa shape index (κ1) is 11.0. The van der Waals surface area contributed by atoms with Crippen LogP contribution in [0, 0.1) is 6.92 Å². The molecule has 0 aromatic heterocycles. The molecule has 0 heterocycles. The summed E-state index contributed by atoms with van der Waals surface area (Å²) in [4.78, 5) is 11.3. The van der Waals surface area contributed by atoms with Crippen LogP contribution in [0.2, 0.25) is 0 Å². The molecule has 0 amide bonds. The summed E-state index contributed by atoms with van der Waals surface area (Å²) < 4.78 is 10.2. The van der Waals surface area contributed by atoms with Crippen LogP contribution in [0.15, 0.2) is 12.1 Å². The summed E-state index contributed by atoms with van der Waals surface area (Å²) in [5, 5.41) is 0. The average molecular weight is 212 g/mol. The number of rotatable bonds is 3. The van der Waals surface area contributed by atoms with Crippen LogP contribution in [-0.4, -0.2) is 19.7 Å². The molecule has 0 aliphatic heterocycles. The molecule has 4 heteroatoms. The van der Waals surface area contributed by atoms with E-state index in [1.807, 2.05) is 6.92 Å². The fourth-order valence-corrected chi connectivity index (χ4v) is 1.57. The van der Waals surface area contributed by atoms with Gasteiger partial charge in [-0.25, -0.2) is 0 Å². The molecule has 0 radical (unpaired) electrons. The van der Waals surface area contributed by atoms with E-state index < -0.39 is 0 Å². The van der Waals surface area contributed by atoms with E-state index in [9.17, 15) is 4.79 Å². The van der Waals surface area contributed by atoms with Crippen molar-refractivity contribution in [1.82, 2.24) is 0 Å². The summed E-state index contributed by atoms with van der Waals surface area (Å²) in [6.07, 6.45) is 0. The molecule has 0 N–H and O–H groups in total. The molecule has 0 fully saturated rings. The Labute approximate surface area is 85.6 Å². The zero-order valence-electron chi connectivity index (χ0n) is 8.46. The first-order valence-electron chi connectivity index (χ1n) is 4.12. The predicted octanol–water partition coefficient (Wildman–Crippen LogP) is 2.03. The van der Waals surface area contributed by atoms with Crippen molar-refractivity contribution in [2.75, 3.05) is 14.2 Å². The lowest BCUT2D eigenvalue weighted by Crippen LogP contribution is -2.00. The minimum absolute atomic E-state index is 0.140. The number of carbonyl (C=O) groups is 1. The number of hydrogen-bond donors (Lipinski definition) is 0. The van der Waals surface area contributed by atoms with Crippen LogP contribution in [0.3, 0.4) is 0 Å². The Kier molecular flexibility index (Phi) is 3.48. The van der Waals surface area contributed by atoms with Gasteiger partial charge in [0.2, 0.25) is 0 Å². The first-order chi connectivity index (χ1) is 6.60. The van der Waals surface area contributed by atoms with Crippen LogP contribution in [0.25, 0.3) is 0 Å². The highest BCUT2D eigenvalue weighted by molar-refractivity contribution is 7.41. The monoisotopic (exact) mass is 212 g/mol. The van der Waals surface area contributed by atoms with Gasteiger partial charge in [-0.2, -0.15) is 0 Å². The molecule has 0 saturated carbocycles. The number of carbonyl (C=O) groups excluding carboxylic acids is 1. The van der Waals surface area contributed by atoms with Crippen LogP contribution in [0.4, 0.5) is 0 Å². The van der Waals surface area contributed by atoms with Crippen molar-refractivity contribution in [1.29, 1.82) is 0 Å². The molecular formula is C10H13O3P. The Bertz CT molecular complexity index is 335. The summed E-state index contributed by atoms with van der Waals surface area (Å²) in [5.41, 5.74) is 1.32. The second-order valence-corrected chi connectivity index (χ2v) is 3.43. The molecule has 0 bridgehead atoms. The van der Waals surface area contributed by atoms with Gasteiger partial charge >= 0.3 is 0 Å². The molecule has 1 rings (SSSR count). The highest BCUT2D eigenvalue weighted by Gasteiger charge is 2.15. The number of ether oxygens (including phenoxy) is 2. The number of aryl methyl sites for hydroxylation is 1. The third-order valence-corrected chi connectivity index (χ3v) is 2.19. The van der Waals surface area contributed by atoms with E-state index in [1.54, 1.807) is 12.1 Å². The Morgan fingerprint density at radius 1 is 1.21 bits per heavy atom. The zero-order valence-corrected chi connectivity index (χ0v) is 9.61. The van der Waals surface area contributed by atoms with E-state index >= 15 is 0 Å². The van der Waals surface area contributed by atoms with Crippen molar-refractivity contribution in [3.8, 4) is 11.5 Å². The molecule has 0 spiro atoms. The van der Waals surface area contributed by atoms with E-state index in [0.29, 0.717) is 17.1 Å². The van der Waals surface area contributed by atoms with Gasteiger partial charge < -0.3 is 9.47 Å². The van der Waals surface area contributed by atoms with Gasteiger partial charge in [-0.1, -0.05) is 9.24 Å². The number of methoxy groups -OCH3 is 2. The van der Waals surface area contributed by atoms with Crippen LogP contribution in [0.1, 0.15) is 15.9 Å². The highest BCUT2D eigenvalue weighted by atomic mass is 31.0. The average Bonchev–Trinajstić information content (AvgIpc) is 2.15. The normalized spacial score (nSPS) is 9.71. The zero-order chi connectivity index (χ0) is 10.7. The molecule has 0 saturated heterocycles. The third kappa shape index (κ3) is 2.05. The Hall–Kier alpha value is -1.08. The molecular weight excluding hydrogens is 199 g/mol. The SMILES string of the molecule is COc1cc(C)cc(OC)c1C(=O)P. The number of hydrogen-bond acceptors (Lipinski definition) is 3. The summed E-state index contributed by atoms with van der Waals surface area (Å²) in [6.45, 7) is 1.92. The maximum Gasteiger partial charge on any atom is 0.185 e. The first-order valence-corrected chi connectivity index (χ1v) is 4.70. The van der Waals surface area contributed by atoms with E-state index in [4.69, 9.17) is 9.47 Å². The standard InChI is InChI=1S/C10H13O3P/c1-6-4-7(12-2)9(10(11)14)8(5-6)13-3/h4-5H,14H2,1-3H3. The molecule has 1 atom stereocenters. The minimum Gasteiger partial charge on any atom is -0.496 e. The molecule has 76 valence electrons. The maximum absolute atomic E-state index is 11.3. The van der Waals surface area contributed by atoms with Gasteiger partial charge in [0.05, 0.1) is 14.2 Å². The lowest BCUT2D eigenvalue weighted by atomic mass is 10.1. The molecule has 1 aromatic rings. The fraction of sp³-hybridized carbons (Fsp3) is 0.300. The van der Waals surface area contributed by atoms with Gasteiger partial charge in [0.1, 0.15) is 17.1 Å². The Balaban J connectivity index is 3.40. The Morgan fingerprint density at radius 2 is 1.64 bits per heavy atom. The highest BCUT2D eigenvalue weighted by Crippen LogP contribution is 2.31. The van der Waals surface area contributed by atoms with E-state index in [2.05, 4.69) is 9.24 Å². The van der Waals surface area contributed by atoms with Crippen molar-refractivity contribution in [2.24, 2.45) is 0 Å².